The molecular formula is C14H21ClN2O3S. The van der Waals surface area contributed by atoms with E-state index in [-0.39, 0.29) is 11.0 Å². The Bertz CT molecular complexity index is 592. The van der Waals surface area contributed by atoms with Crippen molar-refractivity contribution in [2.45, 2.75) is 31.4 Å². The molecule has 0 aliphatic carbocycles. The molecule has 5 nitrogen and oxygen atoms in total. The highest BCUT2D eigenvalue weighted by atomic mass is 35.5. The standard InChI is InChI=1S/C14H21ClN2O3S/c1-3-16-9-12-8-13(4-5-14(12)15)21(18,19)17-6-7-20-11(2)10-17/h4-5,8,11,16H,3,6-7,9-10H2,1-2H3. The molecule has 1 aromatic carbocycles. The summed E-state index contributed by atoms with van der Waals surface area (Å²) < 4.78 is 32.2. The third-order valence-electron chi connectivity index (χ3n) is 3.42. The molecule has 1 saturated heterocycles. The fourth-order valence-electron chi connectivity index (χ4n) is 2.26. The molecule has 1 fully saturated rings. The largest absolute Gasteiger partial charge is 0.376 e. The molecular weight excluding hydrogens is 312 g/mol. The first-order valence-corrected chi connectivity index (χ1v) is 8.88. The molecule has 2 rings (SSSR count). The first kappa shape index (κ1) is 16.7. The summed E-state index contributed by atoms with van der Waals surface area (Å²) in [5.74, 6) is 0. The minimum Gasteiger partial charge on any atom is -0.376 e. The number of ether oxygens (including phenoxy) is 1. The quantitative estimate of drug-likeness (QED) is 0.894. The lowest BCUT2D eigenvalue weighted by atomic mass is 10.2. The number of sulfonamides is 1. The van der Waals surface area contributed by atoms with Crippen LogP contribution >= 0.6 is 11.6 Å². The molecule has 0 amide bonds. The number of rotatable bonds is 5. The Labute approximate surface area is 131 Å². The molecule has 1 unspecified atom stereocenters. The monoisotopic (exact) mass is 332 g/mol. The predicted molar refractivity (Wildman–Crippen MR) is 83.0 cm³/mol. The van der Waals surface area contributed by atoms with Crippen molar-refractivity contribution in [3.8, 4) is 0 Å². The Morgan fingerprint density at radius 3 is 2.90 bits per heavy atom. The van der Waals surface area contributed by atoms with Crippen LogP contribution in [0, 0.1) is 0 Å². The zero-order chi connectivity index (χ0) is 15.5. The topological polar surface area (TPSA) is 58.6 Å². The smallest absolute Gasteiger partial charge is 0.243 e. The third-order valence-corrected chi connectivity index (χ3v) is 5.65. The second-order valence-corrected chi connectivity index (χ2v) is 7.42. The average molecular weight is 333 g/mol. The highest BCUT2D eigenvalue weighted by Gasteiger charge is 2.29. The van der Waals surface area contributed by atoms with Gasteiger partial charge in [0.15, 0.2) is 0 Å². The van der Waals surface area contributed by atoms with Gasteiger partial charge >= 0.3 is 0 Å². The summed E-state index contributed by atoms with van der Waals surface area (Å²) in [4.78, 5) is 0.286. The Hall–Kier alpha value is -0.660. The van der Waals surface area contributed by atoms with Crippen LogP contribution in [0.25, 0.3) is 0 Å². The van der Waals surface area contributed by atoms with Gasteiger partial charge in [0.05, 0.1) is 17.6 Å². The molecule has 118 valence electrons. The van der Waals surface area contributed by atoms with Gasteiger partial charge in [0, 0.05) is 24.7 Å². The number of benzene rings is 1. The molecule has 0 aromatic heterocycles. The van der Waals surface area contributed by atoms with E-state index in [1.165, 1.54) is 4.31 Å². The van der Waals surface area contributed by atoms with Crippen molar-refractivity contribution >= 4 is 21.6 Å². The summed E-state index contributed by atoms with van der Waals surface area (Å²) in [7, 11) is -3.49. The Kier molecular flexibility index (Phi) is 5.62. The van der Waals surface area contributed by atoms with E-state index in [0.717, 1.165) is 12.1 Å². The second-order valence-electron chi connectivity index (χ2n) is 5.08. The van der Waals surface area contributed by atoms with E-state index < -0.39 is 10.0 Å². The van der Waals surface area contributed by atoms with E-state index in [1.54, 1.807) is 18.2 Å². The van der Waals surface area contributed by atoms with Gasteiger partial charge < -0.3 is 10.1 Å². The van der Waals surface area contributed by atoms with Crippen LogP contribution in [0.3, 0.4) is 0 Å². The van der Waals surface area contributed by atoms with Crippen LogP contribution in [0.2, 0.25) is 5.02 Å². The Morgan fingerprint density at radius 1 is 1.48 bits per heavy atom. The zero-order valence-electron chi connectivity index (χ0n) is 12.3. The molecule has 1 aliphatic rings. The molecule has 0 saturated carbocycles. The van der Waals surface area contributed by atoms with Gasteiger partial charge in [-0.15, -0.1) is 0 Å². The third kappa shape index (κ3) is 3.96. The second kappa shape index (κ2) is 7.07. The highest BCUT2D eigenvalue weighted by molar-refractivity contribution is 7.89. The van der Waals surface area contributed by atoms with Gasteiger partial charge in [-0.3, -0.25) is 0 Å². The van der Waals surface area contributed by atoms with Gasteiger partial charge in [0.1, 0.15) is 0 Å². The van der Waals surface area contributed by atoms with Crippen LogP contribution in [0.5, 0.6) is 0 Å². The van der Waals surface area contributed by atoms with E-state index >= 15 is 0 Å². The van der Waals surface area contributed by atoms with Gasteiger partial charge in [0.25, 0.3) is 0 Å². The molecule has 21 heavy (non-hydrogen) atoms. The molecule has 1 heterocycles. The van der Waals surface area contributed by atoms with Gasteiger partial charge in [-0.1, -0.05) is 18.5 Å². The van der Waals surface area contributed by atoms with E-state index in [1.807, 2.05) is 13.8 Å². The highest BCUT2D eigenvalue weighted by Crippen LogP contribution is 2.24. The van der Waals surface area contributed by atoms with Gasteiger partial charge in [0.2, 0.25) is 10.0 Å². The zero-order valence-corrected chi connectivity index (χ0v) is 13.9. The van der Waals surface area contributed by atoms with Crippen molar-refractivity contribution in [1.82, 2.24) is 9.62 Å². The van der Waals surface area contributed by atoms with Gasteiger partial charge in [-0.25, -0.2) is 8.42 Å². The average Bonchev–Trinajstić information content (AvgIpc) is 2.46. The van der Waals surface area contributed by atoms with E-state index in [4.69, 9.17) is 16.3 Å². The summed E-state index contributed by atoms with van der Waals surface area (Å²) in [5.41, 5.74) is 0.792. The predicted octanol–water partition coefficient (Wildman–Crippen LogP) is 1.86. The first-order chi connectivity index (χ1) is 9.95. The molecule has 0 radical (unpaired) electrons. The molecule has 1 aromatic rings. The minimum absolute atomic E-state index is 0.0814. The summed E-state index contributed by atoms with van der Waals surface area (Å²) in [6, 6.07) is 4.86. The van der Waals surface area contributed by atoms with E-state index in [2.05, 4.69) is 5.32 Å². The van der Waals surface area contributed by atoms with Crippen LogP contribution < -0.4 is 5.32 Å². The summed E-state index contributed by atoms with van der Waals surface area (Å²) in [6.45, 7) is 6.42. The molecule has 1 atom stereocenters. The maximum absolute atomic E-state index is 12.7. The van der Waals surface area contributed by atoms with Crippen LogP contribution in [-0.4, -0.2) is 45.1 Å². The lowest BCUT2D eigenvalue weighted by Crippen LogP contribution is -2.44. The summed E-state index contributed by atoms with van der Waals surface area (Å²) >= 11 is 6.12. The van der Waals surface area contributed by atoms with E-state index in [9.17, 15) is 8.42 Å². The molecule has 0 bridgehead atoms. The van der Waals surface area contributed by atoms with E-state index in [0.29, 0.717) is 31.3 Å². The van der Waals surface area contributed by atoms with Crippen molar-refractivity contribution in [1.29, 1.82) is 0 Å². The van der Waals surface area contributed by atoms with Crippen LogP contribution in [0.1, 0.15) is 19.4 Å². The van der Waals surface area contributed by atoms with Crippen LogP contribution in [0.15, 0.2) is 23.1 Å². The molecule has 7 heteroatoms. The SMILES string of the molecule is CCNCc1cc(S(=O)(=O)N2CCOC(C)C2)ccc1Cl. The number of halogens is 1. The number of morpholine rings is 1. The normalized spacial score (nSPS) is 20.6. The lowest BCUT2D eigenvalue weighted by molar-refractivity contribution is 0.0102. The number of hydrogen-bond acceptors (Lipinski definition) is 4. The first-order valence-electron chi connectivity index (χ1n) is 7.06. The van der Waals surface area contributed by atoms with Crippen molar-refractivity contribution in [2.75, 3.05) is 26.2 Å². The summed E-state index contributed by atoms with van der Waals surface area (Å²) in [6.07, 6.45) is -0.0814. The fourth-order valence-corrected chi connectivity index (χ4v) is 4.00. The molecule has 0 spiro atoms. The van der Waals surface area contributed by atoms with Crippen molar-refractivity contribution in [2.24, 2.45) is 0 Å². The maximum atomic E-state index is 12.7. The Morgan fingerprint density at radius 2 is 2.24 bits per heavy atom. The fraction of sp³-hybridized carbons (Fsp3) is 0.571. The minimum atomic E-state index is -3.49. The molecule has 1 N–H and O–H groups in total. The number of nitrogens with one attached hydrogen (secondary N) is 1. The lowest BCUT2D eigenvalue weighted by Gasteiger charge is -2.30. The number of hydrogen-bond donors (Lipinski definition) is 1. The Balaban J connectivity index is 2.27. The van der Waals surface area contributed by atoms with Crippen LogP contribution in [0.4, 0.5) is 0 Å². The van der Waals surface area contributed by atoms with Crippen molar-refractivity contribution in [3.63, 3.8) is 0 Å². The maximum Gasteiger partial charge on any atom is 0.243 e. The van der Waals surface area contributed by atoms with Gasteiger partial charge in [-0.05, 0) is 37.2 Å². The van der Waals surface area contributed by atoms with Crippen molar-refractivity contribution in [3.05, 3.63) is 28.8 Å². The molecule has 1 aliphatic heterocycles. The van der Waals surface area contributed by atoms with Gasteiger partial charge in [-0.2, -0.15) is 4.31 Å². The summed E-state index contributed by atoms with van der Waals surface area (Å²) in [5, 5.41) is 3.73. The van der Waals surface area contributed by atoms with Crippen LogP contribution in [-0.2, 0) is 21.3 Å². The van der Waals surface area contributed by atoms with Crippen molar-refractivity contribution < 1.29 is 13.2 Å². The number of nitrogens with zero attached hydrogens (tertiary/aromatic N) is 1.